The van der Waals surface area contributed by atoms with Crippen molar-refractivity contribution in [3.05, 3.63) is 30.1 Å². The number of anilines is 3. The van der Waals surface area contributed by atoms with E-state index in [1.165, 1.54) is 11.3 Å². The Morgan fingerprint density at radius 1 is 1.39 bits per heavy atom. The first-order valence-electron chi connectivity index (χ1n) is 8.94. The molecule has 3 rings (SSSR count). The molecule has 3 heterocycles. The number of piperidine rings is 1. The molecule has 3 N–H and O–H groups in total. The number of carboxylic acid groups (broad SMARTS) is 1. The molecule has 152 valence electrons. The zero-order valence-electron chi connectivity index (χ0n) is 15.6. The van der Waals surface area contributed by atoms with E-state index in [-0.39, 0.29) is 11.7 Å². The minimum atomic E-state index is -3.37. The first kappa shape index (κ1) is 20.5. The maximum absolute atomic E-state index is 12.2. The van der Waals surface area contributed by atoms with Gasteiger partial charge in [-0.15, -0.1) is 0 Å². The molecule has 1 atom stereocenters. The molecule has 9 nitrogen and oxygen atoms in total. The molecule has 1 fully saturated rings. The number of aromatic nitrogens is 2. The van der Waals surface area contributed by atoms with Crippen molar-refractivity contribution in [1.29, 1.82) is 0 Å². The van der Waals surface area contributed by atoms with Crippen molar-refractivity contribution in [2.45, 2.75) is 38.0 Å². The van der Waals surface area contributed by atoms with Gasteiger partial charge >= 0.3 is 5.97 Å². The van der Waals surface area contributed by atoms with Gasteiger partial charge < -0.3 is 15.3 Å². The third-order valence-electron chi connectivity index (χ3n) is 4.37. The van der Waals surface area contributed by atoms with E-state index < -0.39 is 21.2 Å². The number of pyridine rings is 1. The first-order chi connectivity index (χ1) is 13.3. The zero-order chi connectivity index (χ0) is 20.3. The SMILES string of the molecule is CC(C)S(=O)(=O)N[C@@H]1CCCN(c2nc(C(=O)O)c(Nc3ccccn3)s2)C1. The number of nitrogens with zero attached hydrogens (tertiary/aromatic N) is 3. The fourth-order valence-corrected chi connectivity index (χ4v) is 4.77. The summed E-state index contributed by atoms with van der Waals surface area (Å²) in [5.41, 5.74) is -0.0736. The Labute approximate surface area is 167 Å². The number of nitrogens with one attached hydrogen (secondary N) is 2. The molecule has 1 saturated heterocycles. The Morgan fingerprint density at radius 2 is 2.18 bits per heavy atom. The molecule has 11 heteroatoms. The number of carbonyl (C=O) groups is 1. The molecule has 2 aromatic rings. The lowest BCUT2D eigenvalue weighted by atomic mass is 10.1. The number of hydrogen-bond donors (Lipinski definition) is 3. The summed E-state index contributed by atoms with van der Waals surface area (Å²) in [5.74, 6) is -0.601. The maximum Gasteiger partial charge on any atom is 0.357 e. The van der Waals surface area contributed by atoms with Crippen LogP contribution in [0.2, 0.25) is 0 Å². The third-order valence-corrected chi connectivity index (χ3v) is 7.30. The smallest absolute Gasteiger partial charge is 0.357 e. The molecule has 0 amide bonds. The summed E-state index contributed by atoms with van der Waals surface area (Å²) in [6.45, 7) is 4.41. The Hall–Kier alpha value is -2.24. The third kappa shape index (κ3) is 4.78. The maximum atomic E-state index is 12.2. The van der Waals surface area contributed by atoms with Gasteiger partial charge in [0, 0.05) is 25.3 Å². The number of carboxylic acids is 1. The van der Waals surface area contributed by atoms with Crippen LogP contribution >= 0.6 is 11.3 Å². The van der Waals surface area contributed by atoms with E-state index in [1.807, 2.05) is 4.90 Å². The minimum Gasteiger partial charge on any atom is -0.476 e. The van der Waals surface area contributed by atoms with E-state index in [9.17, 15) is 18.3 Å². The second-order valence-electron chi connectivity index (χ2n) is 6.82. The second-order valence-corrected chi connectivity index (χ2v) is 10.1. The van der Waals surface area contributed by atoms with E-state index in [1.54, 1.807) is 38.2 Å². The highest BCUT2D eigenvalue weighted by Crippen LogP contribution is 2.34. The Balaban J connectivity index is 1.79. The van der Waals surface area contributed by atoms with Crippen molar-refractivity contribution in [1.82, 2.24) is 14.7 Å². The number of thiazole rings is 1. The van der Waals surface area contributed by atoms with Gasteiger partial charge in [0.2, 0.25) is 10.0 Å². The predicted octanol–water partition coefficient (Wildman–Crippen LogP) is 2.28. The average molecular weight is 426 g/mol. The molecule has 0 unspecified atom stereocenters. The number of hydrogen-bond acceptors (Lipinski definition) is 8. The van der Waals surface area contributed by atoms with Gasteiger partial charge in [-0.1, -0.05) is 17.4 Å². The quantitative estimate of drug-likeness (QED) is 0.617. The summed E-state index contributed by atoms with van der Waals surface area (Å²) in [7, 11) is -3.37. The second kappa shape index (κ2) is 8.41. The van der Waals surface area contributed by atoms with Gasteiger partial charge in [0.15, 0.2) is 10.8 Å². The van der Waals surface area contributed by atoms with Crippen LogP contribution in [0, 0.1) is 0 Å². The summed E-state index contributed by atoms with van der Waals surface area (Å²) >= 11 is 1.22. The largest absolute Gasteiger partial charge is 0.476 e. The monoisotopic (exact) mass is 425 g/mol. The van der Waals surface area contributed by atoms with Gasteiger partial charge in [-0.3, -0.25) is 0 Å². The van der Waals surface area contributed by atoms with Gasteiger partial charge in [-0.05, 0) is 38.8 Å². The van der Waals surface area contributed by atoms with Gasteiger partial charge in [0.25, 0.3) is 0 Å². The summed E-state index contributed by atoms with van der Waals surface area (Å²) in [6.07, 6.45) is 3.13. The Morgan fingerprint density at radius 3 is 2.82 bits per heavy atom. The summed E-state index contributed by atoms with van der Waals surface area (Å²) in [4.78, 5) is 22.0. The first-order valence-corrected chi connectivity index (χ1v) is 11.3. The molecule has 0 spiro atoms. The van der Waals surface area contributed by atoms with Crippen molar-refractivity contribution in [2.75, 3.05) is 23.3 Å². The molecular formula is C17H23N5O4S2. The number of sulfonamides is 1. The molecule has 1 aliphatic rings. The molecule has 0 aliphatic carbocycles. The van der Waals surface area contributed by atoms with Crippen molar-refractivity contribution in [3.63, 3.8) is 0 Å². The van der Waals surface area contributed by atoms with Crippen LogP contribution < -0.4 is 14.9 Å². The topological polar surface area (TPSA) is 125 Å². The van der Waals surface area contributed by atoms with Crippen LogP contribution in [0.1, 0.15) is 37.2 Å². The van der Waals surface area contributed by atoms with Gasteiger partial charge in [0.1, 0.15) is 10.8 Å². The molecule has 0 saturated carbocycles. The normalized spacial score (nSPS) is 17.7. The highest BCUT2D eigenvalue weighted by molar-refractivity contribution is 7.90. The number of rotatable bonds is 7. The summed E-state index contributed by atoms with van der Waals surface area (Å²) in [5, 5.41) is 12.9. The summed E-state index contributed by atoms with van der Waals surface area (Å²) in [6, 6.07) is 5.08. The van der Waals surface area contributed by atoms with Crippen LogP contribution in [-0.2, 0) is 10.0 Å². The highest BCUT2D eigenvalue weighted by Gasteiger charge is 2.29. The lowest BCUT2D eigenvalue weighted by Crippen LogP contribution is -2.49. The van der Waals surface area contributed by atoms with Crippen LogP contribution in [0.3, 0.4) is 0 Å². The molecule has 2 aromatic heterocycles. The van der Waals surface area contributed by atoms with Crippen LogP contribution in [-0.4, -0.2) is 53.8 Å². The van der Waals surface area contributed by atoms with Crippen molar-refractivity contribution < 1.29 is 18.3 Å². The van der Waals surface area contributed by atoms with Crippen LogP contribution in [0.25, 0.3) is 0 Å². The molecule has 0 aromatic carbocycles. The van der Waals surface area contributed by atoms with E-state index in [0.29, 0.717) is 29.0 Å². The predicted molar refractivity (Wildman–Crippen MR) is 109 cm³/mol. The fraction of sp³-hybridized carbons (Fsp3) is 0.471. The Bertz CT molecular complexity index is 930. The Kier molecular flexibility index (Phi) is 6.16. The van der Waals surface area contributed by atoms with Gasteiger partial charge in [-0.2, -0.15) is 0 Å². The van der Waals surface area contributed by atoms with Crippen LogP contribution in [0.15, 0.2) is 24.4 Å². The molecular weight excluding hydrogens is 402 g/mol. The molecule has 0 bridgehead atoms. The van der Waals surface area contributed by atoms with Crippen molar-refractivity contribution in [2.24, 2.45) is 0 Å². The lowest BCUT2D eigenvalue weighted by molar-refractivity contribution is 0.0692. The lowest BCUT2D eigenvalue weighted by Gasteiger charge is -2.33. The highest BCUT2D eigenvalue weighted by atomic mass is 32.2. The van der Waals surface area contributed by atoms with Crippen LogP contribution in [0.4, 0.5) is 16.0 Å². The van der Waals surface area contributed by atoms with Crippen molar-refractivity contribution in [3.8, 4) is 0 Å². The van der Waals surface area contributed by atoms with Gasteiger partial charge in [0.05, 0.1) is 5.25 Å². The van der Waals surface area contributed by atoms with Crippen LogP contribution in [0.5, 0.6) is 0 Å². The average Bonchev–Trinajstić information content (AvgIpc) is 3.06. The molecule has 0 radical (unpaired) electrons. The molecule has 28 heavy (non-hydrogen) atoms. The van der Waals surface area contributed by atoms with Gasteiger partial charge in [-0.25, -0.2) is 27.9 Å². The van der Waals surface area contributed by atoms with Crippen molar-refractivity contribution >= 4 is 43.3 Å². The summed E-state index contributed by atoms with van der Waals surface area (Å²) < 4.78 is 27.1. The molecule has 1 aliphatic heterocycles. The fourth-order valence-electron chi connectivity index (χ4n) is 2.84. The van der Waals surface area contributed by atoms with E-state index in [2.05, 4.69) is 20.0 Å². The minimum absolute atomic E-state index is 0.0736. The van der Waals surface area contributed by atoms with E-state index >= 15 is 0 Å². The van der Waals surface area contributed by atoms with E-state index in [0.717, 1.165) is 12.8 Å². The standard InChI is InChI=1S/C17H23N5O4S2/c1-11(2)28(25,26)21-12-6-5-9-22(10-12)17-20-14(16(23)24)15(27-17)19-13-7-3-4-8-18-13/h3-4,7-8,11-12,21H,5-6,9-10H2,1-2H3,(H,18,19)(H,23,24)/t12-/m1/s1. The van der Waals surface area contributed by atoms with E-state index in [4.69, 9.17) is 0 Å². The zero-order valence-corrected chi connectivity index (χ0v) is 17.3. The number of aromatic carboxylic acids is 1.